The normalized spacial score (nSPS) is 26.2. The van der Waals surface area contributed by atoms with Crippen LogP contribution < -0.4 is 10.2 Å². The molecule has 2 atom stereocenters. The number of anilines is 1. The predicted octanol–water partition coefficient (Wildman–Crippen LogP) is 1.86. The molecule has 0 unspecified atom stereocenters. The summed E-state index contributed by atoms with van der Waals surface area (Å²) in [5, 5.41) is 3.38. The Bertz CT molecular complexity index is 437. The van der Waals surface area contributed by atoms with Crippen molar-refractivity contribution < 1.29 is 13.2 Å². The molecule has 19 heavy (non-hydrogen) atoms. The molecule has 0 bridgehead atoms. The van der Waals surface area contributed by atoms with Gasteiger partial charge in [0.25, 0.3) is 0 Å². The monoisotopic (exact) mass is 294 g/mol. The van der Waals surface area contributed by atoms with Gasteiger partial charge in [0.2, 0.25) is 5.95 Å². The number of nitrogens with zero attached hydrogens (tertiary/aromatic N) is 3. The van der Waals surface area contributed by atoms with Crippen LogP contribution in [0.5, 0.6) is 0 Å². The molecule has 0 aliphatic carbocycles. The van der Waals surface area contributed by atoms with E-state index >= 15 is 0 Å². The highest BCUT2D eigenvalue weighted by molar-refractivity contribution is 5.85. The molecule has 8 heteroatoms. The molecule has 1 N–H and O–H groups in total. The Balaban J connectivity index is 0.00000133. The maximum Gasteiger partial charge on any atom is 0.419 e. The van der Waals surface area contributed by atoms with Gasteiger partial charge < -0.3 is 10.2 Å². The van der Waals surface area contributed by atoms with Gasteiger partial charge in [-0.2, -0.15) is 13.2 Å². The van der Waals surface area contributed by atoms with E-state index < -0.39 is 11.7 Å². The molecule has 1 aromatic heterocycles. The molecule has 4 nitrogen and oxygen atoms in total. The van der Waals surface area contributed by atoms with Crippen molar-refractivity contribution in [3.8, 4) is 0 Å². The van der Waals surface area contributed by atoms with E-state index in [0.29, 0.717) is 18.0 Å². The average molecular weight is 295 g/mol. The van der Waals surface area contributed by atoms with Crippen molar-refractivity contribution >= 4 is 18.4 Å². The van der Waals surface area contributed by atoms with Crippen molar-refractivity contribution in [3.63, 3.8) is 0 Å². The zero-order valence-electron chi connectivity index (χ0n) is 10.0. The third kappa shape index (κ3) is 2.62. The summed E-state index contributed by atoms with van der Waals surface area (Å²) in [7, 11) is 0. The highest BCUT2D eigenvalue weighted by Gasteiger charge is 2.39. The van der Waals surface area contributed by atoms with Gasteiger partial charge >= 0.3 is 6.18 Å². The van der Waals surface area contributed by atoms with Crippen LogP contribution in [-0.4, -0.2) is 35.1 Å². The van der Waals surface area contributed by atoms with E-state index in [1.54, 1.807) is 0 Å². The lowest BCUT2D eigenvalue weighted by atomic mass is 10.1. The van der Waals surface area contributed by atoms with Gasteiger partial charge in [0.05, 0.1) is 5.56 Å². The molecule has 2 aliphatic rings. The maximum absolute atomic E-state index is 12.4. The van der Waals surface area contributed by atoms with Gasteiger partial charge in [-0.05, 0) is 19.4 Å². The van der Waals surface area contributed by atoms with Crippen molar-refractivity contribution in [1.29, 1.82) is 0 Å². The number of alkyl halides is 3. The van der Waals surface area contributed by atoms with Gasteiger partial charge in [-0.1, -0.05) is 0 Å². The number of rotatable bonds is 1. The molecule has 2 aliphatic heterocycles. The van der Waals surface area contributed by atoms with Crippen molar-refractivity contribution in [3.05, 3.63) is 18.0 Å². The number of hydrogen-bond acceptors (Lipinski definition) is 4. The first-order chi connectivity index (χ1) is 8.55. The Morgan fingerprint density at radius 3 is 2.53 bits per heavy atom. The van der Waals surface area contributed by atoms with Crippen LogP contribution in [0.1, 0.15) is 18.4 Å². The van der Waals surface area contributed by atoms with Crippen LogP contribution in [0.4, 0.5) is 19.1 Å². The fourth-order valence-electron chi connectivity index (χ4n) is 2.73. The summed E-state index contributed by atoms with van der Waals surface area (Å²) in [5.74, 6) is 0.402. The molecule has 3 heterocycles. The van der Waals surface area contributed by atoms with E-state index in [0.717, 1.165) is 38.3 Å². The number of halogens is 4. The average Bonchev–Trinajstić information content (AvgIpc) is 2.89. The van der Waals surface area contributed by atoms with E-state index in [1.807, 2.05) is 4.90 Å². The van der Waals surface area contributed by atoms with Gasteiger partial charge in [0.1, 0.15) is 0 Å². The van der Waals surface area contributed by atoms with E-state index in [9.17, 15) is 13.2 Å². The molecule has 0 radical (unpaired) electrons. The van der Waals surface area contributed by atoms with E-state index in [4.69, 9.17) is 0 Å². The summed E-state index contributed by atoms with van der Waals surface area (Å²) >= 11 is 0. The van der Waals surface area contributed by atoms with Gasteiger partial charge in [0, 0.05) is 31.0 Å². The lowest BCUT2D eigenvalue weighted by molar-refractivity contribution is -0.138. The van der Waals surface area contributed by atoms with Crippen LogP contribution in [0.15, 0.2) is 12.4 Å². The first-order valence-electron chi connectivity index (χ1n) is 5.95. The minimum Gasteiger partial charge on any atom is -0.336 e. The fraction of sp³-hybridized carbons (Fsp3) is 0.636. The Kier molecular flexibility index (Phi) is 3.87. The summed E-state index contributed by atoms with van der Waals surface area (Å²) in [6.45, 7) is 1.75. The molecule has 0 amide bonds. The lowest BCUT2D eigenvalue weighted by Crippen LogP contribution is -2.35. The molecule has 1 aromatic rings. The molecule has 3 rings (SSSR count). The van der Waals surface area contributed by atoms with Crippen LogP contribution in [0.3, 0.4) is 0 Å². The maximum atomic E-state index is 12.4. The minimum atomic E-state index is -4.37. The zero-order valence-corrected chi connectivity index (χ0v) is 10.8. The highest BCUT2D eigenvalue weighted by atomic mass is 35.5. The third-order valence-electron chi connectivity index (χ3n) is 3.61. The first-order valence-corrected chi connectivity index (χ1v) is 5.95. The molecule has 106 valence electrons. The standard InChI is InChI=1S/C11H13F3N4.ClH/c12-11(13,14)7-5-16-10(17-6-7)18-4-2-8-9(18)1-3-15-8;/h5-6,8-9,15H,1-4H2;1H/t8-,9-;/m0./s1. The Morgan fingerprint density at radius 1 is 1.21 bits per heavy atom. The Hall–Kier alpha value is -1.08. The molecule has 2 saturated heterocycles. The second-order valence-corrected chi connectivity index (χ2v) is 4.67. The quantitative estimate of drug-likeness (QED) is 0.858. The summed E-state index contributed by atoms with van der Waals surface area (Å²) in [4.78, 5) is 9.71. The van der Waals surface area contributed by atoms with Gasteiger partial charge in [-0.25, -0.2) is 9.97 Å². The Labute approximate surface area is 114 Å². The summed E-state index contributed by atoms with van der Waals surface area (Å²) in [5.41, 5.74) is -0.799. The van der Waals surface area contributed by atoms with Crippen LogP contribution in [0.25, 0.3) is 0 Å². The van der Waals surface area contributed by atoms with Gasteiger partial charge in [-0.3, -0.25) is 0 Å². The van der Waals surface area contributed by atoms with E-state index in [-0.39, 0.29) is 12.4 Å². The van der Waals surface area contributed by atoms with Crippen LogP contribution >= 0.6 is 12.4 Å². The molecule has 0 saturated carbocycles. The largest absolute Gasteiger partial charge is 0.419 e. The third-order valence-corrected chi connectivity index (χ3v) is 3.61. The van der Waals surface area contributed by atoms with Crippen molar-refractivity contribution in [1.82, 2.24) is 15.3 Å². The smallest absolute Gasteiger partial charge is 0.336 e. The molecule has 0 spiro atoms. The summed E-state index contributed by atoms with van der Waals surface area (Å²) in [6.07, 6.45) is -0.666. The number of aromatic nitrogens is 2. The SMILES string of the molecule is Cl.FC(F)(F)c1cnc(N2CC[C@@H]3NCC[C@@H]32)nc1. The molecule has 2 fully saturated rings. The first kappa shape index (κ1) is 14.3. The topological polar surface area (TPSA) is 41.1 Å². The molecular formula is C11H14ClF3N4. The molecular weight excluding hydrogens is 281 g/mol. The highest BCUT2D eigenvalue weighted by Crippen LogP contribution is 2.31. The van der Waals surface area contributed by atoms with Crippen LogP contribution in [0.2, 0.25) is 0 Å². The van der Waals surface area contributed by atoms with E-state index in [1.165, 1.54) is 0 Å². The molecule has 0 aromatic carbocycles. The fourth-order valence-corrected chi connectivity index (χ4v) is 2.73. The van der Waals surface area contributed by atoms with Gasteiger partial charge in [-0.15, -0.1) is 12.4 Å². The van der Waals surface area contributed by atoms with Crippen molar-refractivity contribution in [2.24, 2.45) is 0 Å². The zero-order chi connectivity index (χ0) is 12.8. The minimum absolute atomic E-state index is 0. The second kappa shape index (κ2) is 5.13. The van der Waals surface area contributed by atoms with Crippen LogP contribution in [-0.2, 0) is 6.18 Å². The Morgan fingerprint density at radius 2 is 1.89 bits per heavy atom. The predicted molar refractivity (Wildman–Crippen MR) is 66.4 cm³/mol. The van der Waals surface area contributed by atoms with Gasteiger partial charge in [0.15, 0.2) is 0 Å². The van der Waals surface area contributed by atoms with Crippen molar-refractivity contribution in [2.45, 2.75) is 31.1 Å². The summed E-state index contributed by atoms with van der Waals surface area (Å²) < 4.78 is 37.2. The lowest BCUT2D eigenvalue weighted by Gasteiger charge is -2.23. The summed E-state index contributed by atoms with van der Waals surface area (Å²) in [6, 6.07) is 0.748. The second-order valence-electron chi connectivity index (χ2n) is 4.67. The number of nitrogens with one attached hydrogen (secondary N) is 1. The van der Waals surface area contributed by atoms with Crippen LogP contribution in [0, 0.1) is 0 Å². The number of fused-ring (bicyclic) bond motifs is 1. The van der Waals surface area contributed by atoms with E-state index in [2.05, 4.69) is 15.3 Å². The van der Waals surface area contributed by atoms with Crippen molar-refractivity contribution in [2.75, 3.05) is 18.0 Å². The number of hydrogen-bond donors (Lipinski definition) is 1.